The minimum absolute atomic E-state index is 0.101. The molecule has 0 saturated carbocycles. The van der Waals surface area contributed by atoms with E-state index in [-0.39, 0.29) is 12.0 Å². The summed E-state index contributed by atoms with van der Waals surface area (Å²) in [6.45, 7) is 2.82. The second-order valence-corrected chi connectivity index (χ2v) is 6.44. The van der Waals surface area contributed by atoms with Gasteiger partial charge in [0, 0.05) is 25.1 Å². The van der Waals surface area contributed by atoms with Crippen molar-refractivity contribution in [1.82, 2.24) is 14.7 Å². The zero-order valence-electron chi connectivity index (χ0n) is 12.7. The number of aromatic nitrogens is 2. The minimum atomic E-state index is 0.101. The Kier molecular flexibility index (Phi) is 4.07. The van der Waals surface area contributed by atoms with E-state index >= 15 is 0 Å². The van der Waals surface area contributed by atoms with Gasteiger partial charge in [-0.3, -0.25) is 9.48 Å². The van der Waals surface area contributed by atoms with Gasteiger partial charge in [0.25, 0.3) is 0 Å². The molecule has 0 N–H and O–H groups in total. The number of likely N-dealkylation sites (tertiary alicyclic amines) is 1. The average molecular weight is 308 g/mol. The first-order valence-electron chi connectivity index (χ1n) is 7.74. The molecule has 0 bridgehead atoms. The smallest absolute Gasteiger partial charge is 0.226 e. The molecule has 114 valence electrons. The van der Waals surface area contributed by atoms with Crippen LogP contribution >= 0.6 is 11.6 Å². The van der Waals surface area contributed by atoms with Crippen LogP contribution in [0.15, 0.2) is 12.2 Å². The molecule has 1 saturated heterocycles. The summed E-state index contributed by atoms with van der Waals surface area (Å²) in [6, 6.07) is 0.101. The van der Waals surface area contributed by atoms with Crippen LogP contribution < -0.4 is 0 Å². The van der Waals surface area contributed by atoms with E-state index in [1.165, 1.54) is 0 Å². The molecular formula is C16H22ClN3O. The summed E-state index contributed by atoms with van der Waals surface area (Å²) in [5.74, 6) is 0.438. The average Bonchev–Trinajstić information content (AvgIpc) is 3.05. The van der Waals surface area contributed by atoms with Gasteiger partial charge < -0.3 is 4.90 Å². The predicted octanol–water partition coefficient (Wildman–Crippen LogP) is 3.40. The zero-order valence-corrected chi connectivity index (χ0v) is 13.4. The van der Waals surface area contributed by atoms with Crippen LogP contribution in [-0.4, -0.2) is 27.1 Å². The summed E-state index contributed by atoms with van der Waals surface area (Å²) in [7, 11) is 1.85. The Bertz CT molecular complexity index is 578. The number of amides is 1. The lowest BCUT2D eigenvalue weighted by molar-refractivity contribution is -0.136. The van der Waals surface area contributed by atoms with Crippen molar-refractivity contribution in [2.24, 2.45) is 13.0 Å². The van der Waals surface area contributed by atoms with Crippen LogP contribution in [0.25, 0.3) is 0 Å². The van der Waals surface area contributed by atoms with Gasteiger partial charge in [0.2, 0.25) is 5.91 Å². The first kappa shape index (κ1) is 14.6. The maximum absolute atomic E-state index is 12.8. The Morgan fingerprint density at radius 2 is 2.19 bits per heavy atom. The van der Waals surface area contributed by atoms with Gasteiger partial charge in [-0.1, -0.05) is 23.8 Å². The van der Waals surface area contributed by atoms with Crippen LogP contribution in [-0.2, 0) is 11.8 Å². The molecule has 3 rings (SSSR count). The van der Waals surface area contributed by atoms with Crippen LogP contribution in [0.1, 0.15) is 49.4 Å². The van der Waals surface area contributed by atoms with Crippen LogP contribution in [0.5, 0.6) is 0 Å². The van der Waals surface area contributed by atoms with Crippen molar-refractivity contribution >= 4 is 17.5 Å². The Morgan fingerprint density at radius 1 is 1.38 bits per heavy atom. The third-order valence-corrected chi connectivity index (χ3v) is 5.13. The maximum Gasteiger partial charge on any atom is 0.226 e. The highest BCUT2D eigenvalue weighted by Crippen LogP contribution is 2.39. The Hall–Kier alpha value is -1.29. The molecule has 1 aliphatic carbocycles. The van der Waals surface area contributed by atoms with Crippen molar-refractivity contribution in [3.05, 3.63) is 28.6 Å². The largest absolute Gasteiger partial charge is 0.335 e. The molecule has 1 amide bonds. The monoisotopic (exact) mass is 307 g/mol. The van der Waals surface area contributed by atoms with E-state index in [4.69, 9.17) is 11.6 Å². The maximum atomic E-state index is 12.8. The summed E-state index contributed by atoms with van der Waals surface area (Å²) in [6.07, 6.45) is 9.21. The number of allylic oxidation sites excluding steroid dienone is 2. The summed E-state index contributed by atoms with van der Waals surface area (Å²) in [5.41, 5.74) is 1.98. The molecule has 1 aliphatic heterocycles. The molecule has 2 heterocycles. The molecule has 21 heavy (non-hydrogen) atoms. The molecule has 0 radical (unpaired) electrons. The highest BCUT2D eigenvalue weighted by atomic mass is 35.5. The molecule has 2 aliphatic rings. The topological polar surface area (TPSA) is 38.1 Å². The standard InChI is InChI=1S/C16H22ClN3O/c1-11-14(15(17)19(2)18-11)13-9-6-10-20(13)16(21)12-7-4-3-5-8-12/h3-4,12-13H,5-10H2,1-2H3/t12-,13+/m0/s1. The molecule has 1 aromatic heterocycles. The Labute approximate surface area is 130 Å². The van der Waals surface area contributed by atoms with E-state index < -0.39 is 0 Å². The van der Waals surface area contributed by atoms with Crippen LogP contribution in [0.4, 0.5) is 0 Å². The zero-order chi connectivity index (χ0) is 15.0. The van der Waals surface area contributed by atoms with Crippen LogP contribution in [0.3, 0.4) is 0 Å². The van der Waals surface area contributed by atoms with E-state index in [9.17, 15) is 4.79 Å². The first-order chi connectivity index (χ1) is 10.1. The summed E-state index contributed by atoms with van der Waals surface area (Å²) < 4.78 is 1.70. The van der Waals surface area contributed by atoms with Gasteiger partial charge in [-0.2, -0.15) is 5.10 Å². The lowest BCUT2D eigenvalue weighted by Gasteiger charge is -2.29. The number of halogens is 1. The molecule has 4 nitrogen and oxygen atoms in total. The summed E-state index contributed by atoms with van der Waals surface area (Å²) in [4.78, 5) is 14.9. The Morgan fingerprint density at radius 3 is 2.81 bits per heavy atom. The number of hydrogen-bond acceptors (Lipinski definition) is 2. The number of aryl methyl sites for hydroxylation is 2. The molecule has 0 aromatic carbocycles. The normalized spacial score (nSPS) is 25.6. The van der Waals surface area contributed by atoms with Crippen molar-refractivity contribution < 1.29 is 4.79 Å². The minimum Gasteiger partial charge on any atom is -0.335 e. The number of rotatable bonds is 2. The fourth-order valence-electron chi connectivity index (χ4n) is 3.61. The van der Waals surface area contributed by atoms with Gasteiger partial charge in [0.15, 0.2) is 0 Å². The van der Waals surface area contributed by atoms with Crippen molar-refractivity contribution in [3.63, 3.8) is 0 Å². The van der Waals surface area contributed by atoms with Gasteiger partial charge in [0.05, 0.1) is 11.7 Å². The predicted molar refractivity (Wildman–Crippen MR) is 83.1 cm³/mol. The molecule has 1 aromatic rings. The quantitative estimate of drug-likeness (QED) is 0.785. The third kappa shape index (κ3) is 2.61. The van der Waals surface area contributed by atoms with E-state index in [0.717, 1.165) is 49.9 Å². The lowest BCUT2D eigenvalue weighted by Crippen LogP contribution is -2.36. The molecule has 0 spiro atoms. The van der Waals surface area contributed by atoms with Crippen molar-refractivity contribution in [2.45, 2.75) is 45.1 Å². The van der Waals surface area contributed by atoms with E-state index in [1.54, 1.807) is 4.68 Å². The molecule has 5 heteroatoms. The van der Waals surface area contributed by atoms with Crippen LogP contribution in [0.2, 0.25) is 5.15 Å². The van der Waals surface area contributed by atoms with Gasteiger partial charge >= 0.3 is 0 Å². The summed E-state index contributed by atoms with van der Waals surface area (Å²) in [5, 5.41) is 5.06. The first-order valence-corrected chi connectivity index (χ1v) is 8.12. The van der Waals surface area contributed by atoms with E-state index in [2.05, 4.69) is 17.3 Å². The van der Waals surface area contributed by atoms with Gasteiger partial charge in [0.1, 0.15) is 5.15 Å². The van der Waals surface area contributed by atoms with Gasteiger partial charge in [-0.05, 0) is 39.0 Å². The number of nitrogens with zero attached hydrogens (tertiary/aromatic N) is 3. The lowest BCUT2D eigenvalue weighted by atomic mass is 9.92. The Balaban J connectivity index is 1.85. The van der Waals surface area contributed by atoms with Crippen LogP contribution in [0, 0.1) is 12.8 Å². The highest BCUT2D eigenvalue weighted by Gasteiger charge is 2.36. The highest BCUT2D eigenvalue weighted by molar-refractivity contribution is 6.30. The fourth-order valence-corrected chi connectivity index (χ4v) is 3.91. The molecule has 1 fully saturated rings. The molecule has 2 atom stereocenters. The second-order valence-electron chi connectivity index (χ2n) is 6.08. The number of carbonyl (C=O) groups excluding carboxylic acids is 1. The van der Waals surface area contributed by atoms with Gasteiger partial charge in [-0.15, -0.1) is 0 Å². The molecule has 0 unspecified atom stereocenters. The molecular weight excluding hydrogens is 286 g/mol. The fraction of sp³-hybridized carbons (Fsp3) is 0.625. The van der Waals surface area contributed by atoms with Crippen molar-refractivity contribution in [1.29, 1.82) is 0 Å². The summed E-state index contributed by atoms with van der Waals surface area (Å²) >= 11 is 6.40. The van der Waals surface area contributed by atoms with Crippen molar-refractivity contribution in [2.75, 3.05) is 6.54 Å². The van der Waals surface area contributed by atoms with E-state index in [0.29, 0.717) is 11.1 Å². The van der Waals surface area contributed by atoms with E-state index in [1.807, 2.05) is 18.9 Å². The van der Waals surface area contributed by atoms with Crippen molar-refractivity contribution in [3.8, 4) is 0 Å². The third-order valence-electron chi connectivity index (χ3n) is 4.68. The second kappa shape index (κ2) is 5.84. The number of carbonyl (C=O) groups is 1. The SMILES string of the molecule is Cc1nn(C)c(Cl)c1[C@H]1CCCN1C(=O)[C@H]1CC=CCC1. The van der Waals surface area contributed by atoms with Gasteiger partial charge in [-0.25, -0.2) is 0 Å². The number of hydrogen-bond donors (Lipinski definition) is 0.